The first-order chi connectivity index (χ1) is 11.3. The second-order valence-corrected chi connectivity index (χ2v) is 6.09. The molecule has 0 aromatic heterocycles. The standard InChI is InChI=1S/C19H26N4/c1-15-4-2-5-16(12-15)14-22-18-6-3-7-19(17(18)13-20)23-10-8-21-9-11-23/h2-7,12,21-22H,8-11,13-14,20H2,1H3. The van der Waals surface area contributed by atoms with Crippen LogP contribution in [0.25, 0.3) is 0 Å². The summed E-state index contributed by atoms with van der Waals surface area (Å²) in [7, 11) is 0. The van der Waals surface area contributed by atoms with Gasteiger partial charge in [0.05, 0.1) is 0 Å². The highest BCUT2D eigenvalue weighted by Gasteiger charge is 2.15. The summed E-state index contributed by atoms with van der Waals surface area (Å²) in [4.78, 5) is 2.43. The number of rotatable bonds is 5. The molecular weight excluding hydrogens is 284 g/mol. The highest BCUT2D eigenvalue weighted by molar-refractivity contribution is 5.67. The van der Waals surface area contributed by atoms with E-state index in [0.29, 0.717) is 6.54 Å². The lowest BCUT2D eigenvalue weighted by molar-refractivity contribution is 0.588. The van der Waals surface area contributed by atoms with Gasteiger partial charge in [0.2, 0.25) is 0 Å². The number of nitrogens with zero attached hydrogens (tertiary/aromatic N) is 1. The maximum atomic E-state index is 6.07. The molecule has 3 rings (SSSR count). The summed E-state index contributed by atoms with van der Waals surface area (Å²) in [5.41, 5.74) is 12.3. The molecule has 0 radical (unpaired) electrons. The maximum absolute atomic E-state index is 6.07. The number of hydrogen-bond acceptors (Lipinski definition) is 4. The van der Waals surface area contributed by atoms with Gasteiger partial charge in [0.15, 0.2) is 0 Å². The van der Waals surface area contributed by atoms with Gasteiger partial charge < -0.3 is 21.3 Å². The third-order valence-electron chi connectivity index (χ3n) is 4.38. The van der Waals surface area contributed by atoms with Crippen LogP contribution in [-0.4, -0.2) is 26.2 Å². The van der Waals surface area contributed by atoms with Gasteiger partial charge >= 0.3 is 0 Å². The lowest BCUT2D eigenvalue weighted by Gasteiger charge is -2.32. The zero-order chi connectivity index (χ0) is 16.1. The number of anilines is 2. The van der Waals surface area contributed by atoms with Crippen molar-refractivity contribution >= 4 is 11.4 Å². The third kappa shape index (κ3) is 3.84. The monoisotopic (exact) mass is 310 g/mol. The van der Waals surface area contributed by atoms with Crippen molar-refractivity contribution in [2.75, 3.05) is 36.4 Å². The van der Waals surface area contributed by atoms with Gasteiger partial charge in [-0.2, -0.15) is 0 Å². The Kier molecular flexibility index (Phi) is 5.16. The van der Waals surface area contributed by atoms with Crippen molar-refractivity contribution < 1.29 is 0 Å². The third-order valence-corrected chi connectivity index (χ3v) is 4.38. The Hall–Kier alpha value is -2.04. The van der Waals surface area contributed by atoms with Crippen molar-refractivity contribution in [3.63, 3.8) is 0 Å². The Bertz CT molecular complexity index is 648. The van der Waals surface area contributed by atoms with Crippen LogP contribution in [0.3, 0.4) is 0 Å². The molecular formula is C19H26N4. The second kappa shape index (κ2) is 7.49. The van der Waals surface area contributed by atoms with Crippen molar-refractivity contribution in [2.24, 2.45) is 5.73 Å². The van der Waals surface area contributed by atoms with Gasteiger partial charge in [-0.15, -0.1) is 0 Å². The summed E-state index contributed by atoms with van der Waals surface area (Å²) in [6.45, 7) is 7.63. The van der Waals surface area contributed by atoms with E-state index in [0.717, 1.165) is 38.4 Å². The van der Waals surface area contributed by atoms with Crippen molar-refractivity contribution in [1.29, 1.82) is 0 Å². The van der Waals surface area contributed by atoms with Crippen molar-refractivity contribution in [2.45, 2.75) is 20.0 Å². The summed E-state index contributed by atoms with van der Waals surface area (Å²) in [5.74, 6) is 0. The molecule has 0 aliphatic carbocycles. The Morgan fingerprint density at radius 1 is 1.13 bits per heavy atom. The smallest absolute Gasteiger partial charge is 0.0433 e. The van der Waals surface area contributed by atoms with Crippen molar-refractivity contribution in [3.05, 3.63) is 59.2 Å². The summed E-state index contributed by atoms with van der Waals surface area (Å²) >= 11 is 0. The molecule has 2 aromatic rings. The summed E-state index contributed by atoms with van der Waals surface area (Å²) in [5, 5.41) is 6.96. The van der Waals surface area contributed by atoms with Crippen LogP contribution in [0.4, 0.5) is 11.4 Å². The minimum absolute atomic E-state index is 0.552. The van der Waals surface area contributed by atoms with E-state index in [1.54, 1.807) is 0 Å². The largest absolute Gasteiger partial charge is 0.381 e. The zero-order valence-corrected chi connectivity index (χ0v) is 13.8. The van der Waals surface area contributed by atoms with Gasteiger partial charge in [-0.1, -0.05) is 35.9 Å². The fourth-order valence-corrected chi connectivity index (χ4v) is 3.18. The van der Waals surface area contributed by atoms with Crippen LogP contribution in [0, 0.1) is 6.92 Å². The van der Waals surface area contributed by atoms with Gasteiger partial charge in [-0.05, 0) is 24.6 Å². The lowest BCUT2D eigenvalue weighted by atomic mass is 10.1. The van der Waals surface area contributed by atoms with E-state index in [1.165, 1.54) is 22.4 Å². The van der Waals surface area contributed by atoms with Crippen LogP contribution in [0.2, 0.25) is 0 Å². The average Bonchev–Trinajstić information content (AvgIpc) is 2.60. The molecule has 4 heteroatoms. The van der Waals surface area contributed by atoms with Crippen molar-refractivity contribution in [1.82, 2.24) is 5.32 Å². The average molecular weight is 310 g/mol. The van der Waals surface area contributed by atoms with Crippen LogP contribution >= 0.6 is 0 Å². The molecule has 1 aliphatic heterocycles. The molecule has 0 saturated carbocycles. The number of hydrogen-bond donors (Lipinski definition) is 3. The molecule has 1 saturated heterocycles. The lowest BCUT2D eigenvalue weighted by Crippen LogP contribution is -2.44. The molecule has 1 fully saturated rings. The second-order valence-electron chi connectivity index (χ2n) is 6.09. The molecule has 0 unspecified atom stereocenters. The normalized spacial score (nSPS) is 14.8. The predicted molar refractivity (Wildman–Crippen MR) is 97.9 cm³/mol. The first-order valence-corrected chi connectivity index (χ1v) is 8.35. The van der Waals surface area contributed by atoms with Gasteiger partial charge in [0, 0.05) is 56.2 Å². The molecule has 1 heterocycles. The highest BCUT2D eigenvalue weighted by Crippen LogP contribution is 2.28. The molecule has 4 nitrogen and oxygen atoms in total. The molecule has 0 bridgehead atoms. The Morgan fingerprint density at radius 2 is 1.91 bits per heavy atom. The van der Waals surface area contributed by atoms with Gasteiger partial charge in [-0.3, -0.25) is 0 Å². The van der Waals surface area contributed by atoms with Crippen LogP contribution in [0.15, 0.2) is 42.5 Å². The van der Waals surface area contributed by atoms with Gasteiger partial charge in [0.25, 0.3) is 0 Å². The van der Waals surface area contributed by atoms with Crippen LogP contribution in [0.1, 0.15) is 16.7 Å². The molecule has 1 aliphatic rings. The summed E-state index contributed by atoms with van der Waals surface area (Å²) in [6, 6.07) is 15.0. The number of nitrogens with one attached hydrogen (secondary N) is 2. The van der Waals surface area contributed by atoms with Crippen LogP contribution in [0.5, 0.6) is 0 Å². The molecule has 23 heavy (non-hydrogen) atoms. The zero-order valence-electron chi connectivity index (χ0n) is 13.8. The molecule has 0 atom stereocenters. The predicted octanol–water partition coefficient (Wildman–Crippen LogP) is 2.48. The van der Waals surface area contributed by atoms with E-state index >= 15 is 0 Å². The summed E-state index contributed by atoms with van der Waals surface area (Å²) in [6.07, 6.45) is 0. The van der Waals surface area contributed by atoms with E-state index in [2.05, 4.69) is 64.9 Å². The molecule has 4 N–H and O–H groups in total. The van der Waals surface area contributed by atoms with E-state index < -0.39 is 0 Å². The fraction of sp³-hybridized carbons (Fsp3) is 0.368. The van der Waals surface area contributed by atoms with Crippen LogP contribution in [-0.2, 0) is 13.1 Å². The first-order valence-electron chi connectivity index (χ1n) is 8.35. The molecule has 2 aromatic carbocycles. The Labute approximate surface area is 138 Å². The van der Waals surface area contributed by atoms with Crippen molar-refractivity contribution in [3.8, 4) is 0 Å². The van der Waals surface area contributed by atoms with Gasteiger partial charge in [0.1, 0.15) is 0 Å². The minimum Gasteiger partial charge on any atom is -0.381 e. The maximum Gasteiger partial charge on any atom is 0.0433 e. The van der Waals surface area contributed by atoms with Gasteiger partial charge in [-0.25, -0.2) is 0 Å². The first kappa shape index (κ1) is 15.8. The molecule has 122 valence electrons. The minimum atomic E-state index is 0.552. The highest BCUT2D eigenvalue weighted by atomic mass is 15.2. The van der Waals surface area contributed by atoms with E-state index in [1.807, 2.05) is 0 Å². The SMILES string of the molecule is Cc1cccc(CNc2cccc(N3CCNCC3)c2CN)c1. The number of nitrogens with two attached hydrogens (primary N) is 1. The quantitative estimate of drug-likeness (QED) is 0.794. The number of benzene rings is 2. The van der Waals surface area contributed by atoms with E-state index in [9.17, 15) is 0 Å². The topological polar surface area (TPSA) is 53.3 Å². The number of piperazine rings is 1. The summed E-state index contributed by atoms with van der Waals surface area (Å²) < 4.78 is 0. The Morgan fingerprint density at radius 3 is 2.65 bits per heavy atom. The molecule has 0 spiro atoms. The van der Waals surface area contributed by atoms with E-state index in [4.69, 9.17) is 5.73 Å². The Balaban J connectivity index is 1.78. The molecule has 0 amide bonds. The fourth-order valence-electron chi connectivity index (χ4n) is 3.18. The van der Waals surface area contributed by atoms with Crippen LogP contribution < -0.4 is 21.3 Å². The number of aryl methyl sites for hydroxylation is 1. The van der Waals surface area contributed by atoms with E-state index in [-0.39, 0.29) is 0 Å².